The smallest absolute Gasteiger partial charge is 0.264 e. The zero-order chi connectivity index (χ0) is 18.3. The Bertz CT molecular complexity index is 1010. The molecule has 1 aromatic carbocycles. The number of carbonyl (C=O) groups excluding carboxylic acids is 1. The summed E-state index contributed by atoms with van der Waals surface area (Å²) in [6.45, 7) is 4.04. The topological polar surface area (TPSA) is 92.7 Å². The Morgan fingerprint density at radius 1 is 1.15 bits per heavy atom. The lowest BCUT2D eigenvalue weighted by atomic mass is 9.85. The number of H-pyrrole nitrogens is 1. The van der Waals surface area contributed by atoms with Crippen LogP contribution >= 0.6 is 0 Å². The van der Waals surface area contributed by atoms with E-state index in [2.05, 4.69) is 51.8 Å². The van der Waals surface area contributed by atoms with E-state index < -0.39 is 0 Å². The molecule has 3 aromatic rings. The number of aromatic nitrogens is 4. The fraction of sp³-hybridized carbons (Fsp3) is 0.263. The lowest BCUT2D eigenvalue weighted by Gasteiger charge is -2.24. The summed E-state index contributed by atoms with van der Waals surface area (Å²) in [5.41, 5.74) is 3.89. The minimum Gasteiger partial charge on any atom is -0.310 e. The zero-order valence-corrected chi connectivity index (χ0v) is 14.6. The molecule has 0 radical (unpaired) electrons. The predicted molar refractivity (Wildman–Crippen MR) is 97.6 cm³/mol. The van der Waals surface area contributed by atoms with Gasteiger partial charge in [0.1, 0.15) is 5.82 Å². The van der Waals surface area contributed by atoms with Crippen molar-refractivity contribution in [2.24, 2.45) is 0 Å². The van der Waals surface area contributed by atoms with Gasteiger partial charge >= 0.3 is 0 Å². The highest BCUT2D eigenvalue weighted by Gasteiger charge is 2.32. The fourth-order valence-corrected chi connectivity index (χ4v) is 3.44. The van der Waals surface area contributed by atoms with Crippen LogP contribution in [0.2, 0.25) is 0 Å². The second-order valence-electron chi connectivity index (χ2n) is 6.44. The van der Waals surface area contributed by atoms with Gasteiger partial charge in [0.25, 0.3) is 5.56 Å². The molecular formula is C19H19N5O2. The first-order valence-electron chi connectivity index (χ1n) is 8.61. The predicted octanol–water partition coefficient (Wildman–Crippen LogP) is 2.30. The molecule has 0 saturated carbocycles. The van der Waals surface area contributed by atoms with E-state index in [1.807, 2.05) is 6.92 Å². The Labute approximate surface area is 150 Å². The minimum absolute atomic E-state index is 0.0545. The van der Waals surface area contributed by atoms with Gasteiger partial charge in [0, 0.05) is 24.0 Å². The van der Waals surface area contributed by atoms with E-state index in [1.54, 1.807) is 10.7 Å². The van der Waals surface area contributed by atoms with Crippen LogP contribution in [0.3, 0.4) is 0 Å². The van der Waals surface area contributed by atoms with E-state index in [9.17, 15) is 9.59 Å². The lowest BCUT2D eigenvalue weighted by Crippen LogP contribution is -2.25. The van der Waals surface area contributed by atoms with Crippen LogP contribution in [-0.4, -0.2) is 25.9 Å². The molecule has 7 nitrogen and oxygen atoms in total. The van der Waals surface area contributed by atoms with Crippen LogP contribution in [-0.2, 0) is 11.2 Å². The lowest BCUT2D eigenvalue weighted by molar-refractivity contribution is -0.116. The average molecular weight is 349 g/mol. The molecule has 7 heteroatoms. The van der Waals surface area contributed by atoms with Gasteiger partial charge in [-0.15, -0.1) is 0 Å². The number of benzene rings is 1. The van der Waals surface area contributed by atoms with Crippen molar-refractivity contribution in [3.63, 3.8) is 0 Å². The Balaban J connectivity index is 1.83. The van der Waals surface area contributed by atoms with Gasteiger partial charge in [-0.3, -0.25) is 9.59 Å². The van der Waals surface area contributed by atoms with E-state index in [0.29, 0.717) is 18.1 Å². The standard InChI is InChI=1S/C19H19N5O2/c1-3-12-4-6-13(7-5-12)14-10-17(26)20-19-18(14)11(2)23-24(19)15-8-9-16(25)22-21-15/h4-9,14H,3,10H2,1-2H3,(H,20,26)(H,22,25)/t14-/m0/s1. The van der Waals surface area contributed by atoms with Crippen molar-refractivity contribution in [1.82, 2.24) is 20.0 Å². The fourth-order valence-electron chi connectivity index (χ4n) is 3.44. The maximum absolute atomic E-state index is 12.3. The van der Waals surface area contributed by atoms with Gasteiger partial charge in [-0.1, -0.05) is 31.2 Å². The summed E-state index contributed by atoms with van der Waals surface area (Å²) in [4.78, 5) is 23.6. The number of nitrogens with one attached hydrogen (secondary N) is 2. The van der Waals surface area contributed by atoms with Crippen molar-refractivity contribution in [3.05, 3.63) is 69.1 Å². The molecule has 0 bridgehead atoms. The number of amides is 1. The number of hydrogen-bond acceptors (Lipinski definition) is 4. The molecule has 3 heterocycles. The average Bonchev–Trinajstić information content (AvgIpc) is 2.98. The molecule has 0 unspecified atom stereocenters. The van der Waals surface area contributed by atoms with E-state index in [1.165, 1.54) is 11.6 Å². The van der Waals surface area contributed by atoms with E-state index in [-0.39, 0.29) is 17.4 Å². The molecule has 0 aliphatic carbocycles. The molecule has 0 fully saturated rings. The number of hydrogen-bond donors (Lipinski definition) is 2. The first-order chi connectivity index (χ1) is 12.6. The molecule has 4 rings (SSSR count). The molecule has 132 valence electrons. The van der Waals surface area contributed by atoms with Crippen LogP contribution in [0.1, 0.15) is 41.6 Å². The maximum Gasteiger partial charge on any atom is 0.264 e. The van der Waals surface area contributed by atoms with Crippen molar-refractivity contribution in [2.45, 2.75) is 32.6 Å². The third kappa shape index (κ3) is 2.71. The van der Waals surface area contributed by atoms with Crippen LogP contribution in [0.25, 0.3) is 5.82 Å². The summed E-state index contributed by atoms with van der Waals surface area (Å²) < 4.78 is 1.57. The van der Waals surface area contributed by atoms with Crippen molar-refractivity contribution >= 4 is 11.7 Å². The third-order valence-electron chi connectivity index (χ3n) is 4.77. The number of aromatic amines is 1. The van der Waals surface area contributed by atoms with Crippen molar-refractivity contribution < 1.29 is 4.79 Å². The Morgan fingerprint density at radius 3 is 2.58 bits per heavy atom. The van der Waals surface area contributed by atoms with Gasteiger partial charge in [0.05, 0.1) is 5.69 Å². The first kappa shape index (κ1) is 16.3. The van der Waals surface area contributed by atoms with Crippen molar-refractivity contribution in [1.29, 1.82) is 0 Å². The van der Waals surface area contributed by atoms with Gasteiger partial charge in [-0.2, -0.15) is 14.9 Å². The monoisotopic (exact) mass is 349 g/mol. The molecule has 1 amide bonds. The highest BCUT2D eigenvalue weighted by atomic mass is 16.1. The summed E-state index contributed by atoms with van der Waals surface area (Å²) in [5.74, 6) is 0.952. The Kier molecular flexibility index (Phi) is 3.91. The highest BCUT2D eigenvalue weighted by molar-refractivity contribution is 5.95. The molecule has 1 atom stereocenters. The molecule has 2 N–H and O–H groups in total. The van der Waals surface area contributed by atoms with Gasteiger partial charge < -0.3 is 5.32 Å². The number of rotatable bonds is 3. The van der Waals surface area contributed by atoms with Gasteiger partial charge in [-0.05, 0) is 30.5 Å². The second kappa shape index (κ2) is 6.25. The van der Waals surface area contributed by atoms with Crippen molar-refractivity contribution in [3.8, 4) is 5.82 Å². The van der Waals surface area contributed by atoms with Crippen LogP contribution < -0.4 is 10.9 Å². The van der Waals surface area contributed by atoms with Gasteiger partial charge in [0.15, 0.2) is 5.82 Å². The molecule has 2 aromatic heterocycles. The molecule has 0 saturated heterocycles. The Hall–Kier alpha value is -3.22. The van der Waals surface area contributed by atoms with Crippen LogP contribution in [0.4, 0.5) is 5.82 Å². The normalized spacial score (nSPS) is 16.2. The van der Waals surface area contributed by atoms with Crippen molar-refractivity contribution in [2.75, 3.05) is 5.32 Å². The number of fused-ring (bicyclic) bond motifs is 1. The molecule has 0 spiro atoms. The molecular weight excluding hydrogens is 330 g/mol. The summed E-state index contributed by atoms with van der Waals surface area (Å²) in [7, 11) is 0. The summed E-state index contributed by atoms with van der Waals surface area (Å²) in [6, 6.07) is 11.3. The minimum atomic E-state index is -0.288. The van der Waals surface area contributed by atoms with E-state index in [0.717, 1.165) is 23.2 Å². The number of carbonyl (C=O) groups is 1. The largest absolute Gasteiger partial charge is 0.310 e. The van der Waals surface area contributed by atoms with Crippen LogP contribution in [0.5, 0.6) is 0 Å². The summed E-state index contributed by atoms with van der Waals surface area (Å²) in [5, 5.41) is 13.9. The molecule has 1 aliphatic rings. The number of anilines is 1. The third-order valence-corrected chi connectivity index (χ3v) is 4.77. The first-order valence-corrected chi connectivity index (χ1v) is 8.61. The quantitative estimate of drug-likeness (QED) is 0.759. The van der Waals surface area contributed by atoms with E-state index >= 15 is 0 Å². The SMILES string of the molecule is CCc1ccc([C@@H]2CC(=O)Nc3c2c(C)nn3-c2ccc(=O)[nH]n2)cc1. The zero-order valence-electron chi connectivity index (χ0n) is 14.6. The van der Waals surface area contributed by atoms with Crippen LogP contribution in [0.15, 0.2) is 41.2 Å². The van der Waals surface area contributed by atoms with Gasteiger partial charge in [0.2, 0.25) is 5.91 Å². The number of nitrogens with zero attached hydrogens (tertiary/aromatic N) is 3. The summed E-state index contributed by atoms with van der Waals surface area (Å²) in [6.07, 6.45) is 1.36. The maximum atomic E-state index is 12.3. The highest BCUT2D eigenvalue weighted by Crippen LogP contribution is 2.39. The summed E-state index contributed by atoms with van der Waals surface area (Å²) >= 11 is 0. The number of aryl methyl sites for hydroxylation is 2. The Morgan fingerprint density at radius 2 is 1.92 bits per heavy atom. The second-order valence-corrected chi connectivity index (χ2v) is 6.44. The molecule has 26 heavy (non-hydrogen) atoms. The molecule has 1 aliphatic heterocycles. The van der Waals surface area contributed by atoms with Crippen LogP contribution in [0, 0.1) is 6.92 Å². The van der Waals surface area contributed by atoms with Gasteiger partial charge in [-0.25, -0.2) is 5.10 Å². The van der Waals surface area contributed by atoms with E-state index in [4.69, 9.17) is 0 Å².